The Morgan fingerprint density at radius 1 is 1.25 bits per heavy atom. The monoisotopic (exact) mass is 221 g/mol. The van der Waals surface area contributed by atoms with Crippen LogP contribution in [0.15, 0.2) is 24.3 Å². The Bertz CT molecular complexity index is 311. The number of rotatable bonds is 6. The van der Waals surface area contributed by atoms with Gasteiger partial charge in [-0.15, -0.1) is 0 Å². The summed E-state index contributed by atoms with van der Waals surface area (Å²) in [4.78, 5) is 0. The molecule has 0 aliphatic rings. The fourth-order valence-electron chi connectivity index (χ4n) is 1.70. The lowest BCUT2D eigenvalue weighted by Crippen LogP contribution is -2.37. The van der Waals surface area contributed by atoms with Gasteiger partial charge in [-0.1, -0.05) is 24.3 Å². The molecule has 0 heterocycles. The molecule has 1 aromatic rings. The molecule has 2 atom stereocenters. The largest absolute Gasteiger partial charge is 0.380 e. The summed E-state index contributed by atoms with van der Waals surface area (Å²) in [5.41, 5.74) is 2.80. The molecule has 0 fully saturated rings. The maximum absolute atomic E-state index is 5.28. The van der Waals surface area contributed by atoms with Gasteiger partial charge in [-0.05, 0) is 44.9 Å². The van der Waals surface area contributed by atoms with Crippen LogP contribution in [0.25, 0.3) is 0 Å². The van der Waals surface area contributed by atoms with E-state index >= 15 is 0 Å². The second-order valence-corrected chi connectivity index (χ2v) is 4.36. The number of hydrogen-bond donors (Lipinski definition) is 1. The normalized spacial score (nSPS) is 14.8. The molecule has 1 N–H and O–H groups in total. The number of methoxy groups -OCH3 is 1. The standard InChI is InChI=1S/C14H23NO/c1-11-7-5-6-8-14(11)9-10-15-12(2)13(3)16-4/h5-8,12-13,15H,9-10H2,1-4H3. The molecule has 0 aromatic heterocycles. The van der Waals surface area contributed by atoms with Crippen molar-refractivity contribution in [3.8, 4) is 0 Å². The number of aryl methyl sites for hydroxylation is 1. The fraction of sp³-hybridized carbons (Fsp3) is 0.571. The third kappa shape index (κ3) is 3.95. The topological polar surface area (TPSA) is 21.3 Å². The molecule has 0 aliphatic carbocycles. The summed E-state index contributed by atoms with van der Waals surface area (Å²) in [5, 5.41) is 3.48. The second-order valence-electron chi connectivity index (χ2n) is 4.36. The minimum absolute atomic E-state index is 0.261. The smallest absolute Gasteiger partial charge is 0.0693 e. The van der Waals surface area contributed by atoms with Crippen molar-refractivity contribution in [3.05, 3.63) is 35.4 Å². The Kier molecular flexibility index (Phi) is 5.50. The molecule has 0 spiro atoms. The fourth-order valence-corrected chi connectivity index (χ4v) is 1.70. The zero-order valence-electron chi connectivity index (χ0n) is 10.8. The van der Waals surface area contributed by atoms with Crippen molar-refractivity contribution >= 4 is 0 Å². The van der Waals surface area contributed by atoms with Gasteiger partial charge in [-0.2, -0.15) is 0 Å². The van der Waals surface area contributed by atoms with E-state index in [2.05, 4.69) is 50.4 Å². The average Bonchev–Trinajstić information content (AvgIpc) is 2.30. The summed E-state index contributed by atoms with van der Waals surface area (Å²) in [6.07, 6.45) is 1.34. The van der Waals surface area contributed by atoms with E-state index in [0.717, 1.165) is 13.0 Å². The van der Waals surface area contributed by atoms with Crippen LogP contribution >= 0.6 is 0 Å². The zero-order chi connectivity index (χ0) is 12.0. The first-order valence-corrected chi connectivity index (χ1v) is 5.96. The van der Waals surface area contributed by atoms with Crippen LogP contribution in [-0.4, -0.2) is 25.8 Å². The SMILES string of the molecule is COC(C)C(C)NCCc1ccccc1C. The Labute approximate surface area is 99.0 Å². The predicted molar refractivity (Wildman–Crippen MR) is 68.8 cm³/mol. The van der Waals surface area contributed by atoms with Crippen molar-refractivity contribution in [1.29, 1.82) is 0 Å². The van der Waals surface area contributed by atoms with Gasteiger partial charge in [-0.3, -0.25) is 0 Å². The van der Waals surface area contributed by atoms with E-state index < -0.39 is 0 Å². The highest BCUT2D eigenvalue weighted by Crippen LogP contribution is 2.07. The molecule has 0 saturated heterocycles. The molecule has 0 radical (unpaired) electrons. The van der Waals surface area contributed by atoms with Crippen LogP contribution in [0.4, 0.5) is 0 Å². The van der Waals surface area contributed by atoms with Gasteiger partial charge in [0, 0.05) is 13.2 Å². The quantitative estimate of drug-likeness (QED) is 0.797. The highest BCUT2D eigenvalue weighted by Gasteiger charge is 2.09. The molecule has 0 aliphatic heterocycles. The van der Waals surface area contributed by atoms with Crippen molar-refractivity contribution in [2.75, 3.05) is 13.7 Å². The molecule has 2 nitrogen and oxygen atoms in total. The van der Waals surface area contributed by atoms with Crippen molar-refractivity contribution < 1.29 is 4.74 Å². The van der Waals surface area contributed by atoms with Gasteiger partial charge >= 0.3 is 0 Å². The van der Waals surface area contributed by atoms with E-state index in [0.29, 0.717) is 6.04 Å². The van der Waals surface area contributed by atoms with Gasteiger partial charge in [0.15, 0.2) is 0 Å². The Morgan fingerprint density at radius 3 is 2.56 bits per heavy atom. The van der Waals surface area contributed by atoms with Crippen LogP contribution in [0, 0.1) is 6.92 Å². The van der Waals surface area contributed by atoms with Gasteiger partial charge in [0.25, 0.3) is 0 Å². The van der Waals surface area contributed by atoms with E-state index in [1.807, 2.05) is 0 Å². The molecule has 90 valence electrons. The Hall–Kier alpha value is -0.860. The average molecular weight is 221 g/mol. The van der Waals surface area contributed by atoms with Crippen molar-refractivity contribution in [2.24, 2.45) is 0 Å². The maximum Gasteiger partial charge on any atom is 0.0693 e. The second kappa shape index (κ2) is 6.66. The summed E-state index contributed by atoms with van der Waals surface area (Å²) in [6, 6.07) is 8.94. The minimum Gasteiger partial charge on any atom is -0.380 e. The van der Waals surface area contributed by atoms with E-state index in [-0.39, 0.29) is 6.10 Å². The first-order chi connectivity index (χ1) is 7.65. The lowest BCUT2D eigenvalue weighted by molar-refractivity contribution is 0.0890. The van der Waals surface area contributed by atoms with Gasteiger partial charge < -0.3 is 10.1 Å². The molecule has 0 amide bonds. The van der Waals surface area contributed by atoms with Gasteiger partial charge in [0.05, 0.1) is 6.10 Å². The lowest BCUT2D eigenvalue weighted by Gasteiger charge is -2.20. The van der Waals surface area contributed by atoms with Crippen LogP contribution in [0.1, 0.15) is 25.0 Å². The predicted octanol–water partition coefficient (Wildman–Crippen LogP) is 2.55. The van der Waals surface area contributed by atoms with Crippen molar-refractivity contribution in [2.45, 2.75) is 39.3 Å². The first kappa shape index (κ1) is 13.2. The number of hydrogen-bond acceptors (Lipinski definition) is 2. The molecule has 1 aromatic carbocycles. The van der Waals surface area contributed by atoms with Crippen molar-refractivity contribution in [1.82, 2.24) is 5.32 Å². The molecule has 2 unspecified atom stereocenters. The van der Waals surface area contributed by atoms with E-state index in [1.54, 1.807) is 7.11 Å². The van der Waals surface area contributed by atoms with E-state index in [4.69, 9.17) is 4.74 Å². The Balaban J connectivity index is 2.33. The highest BCUT2D eigenvalue weighted by molar-refractivity contribution is 5.25. The number of ether oxygens (including phenoxy) is 1. The maximum atomic E-state index is 5.28. The lowest BCUT2D eigenvalue weighted by atomic mass is 10.1. The van der Waals surface area contributed by atoms with Crippen LogP contribution < -0.4 is 5.32 Å². The van der Waals surface area contributed by atoms with Crippen LogP contribution in [0.2, 0.25) is 0 Å². The molecular formula is C14H23NO. The summed E-state index contributed by atoms with van der Waals surface area (Å²) >= 11 is 0. The minimum atomic E-state index is 0.261. The summed E-state index contributed by atoms with van der Waals surface area (Å²) in [5.74, 6) is 0. The third-order valence-corrected chi connectivity index (χ3v) is 3.20. The van der Waals surface area contributed by atoms with Gasteiger partial charge in [0.1, 0.15) is 0 Å². The number of nitrogens with one attached hydrogen (secondary N) is 1. The van der Waals surface area contributed by atoms with Gasteiger partial charge in [0.2, 0.25) is 0 Å². The van der Waals surface area contributed by atoms with Crippen LogP contribution in [0.5, 0.6) is 0 Å². The number of benzene rings is 1. The van der Waals surface area contributed by atoms with Crippen LogP contribution in [0.3, 0.4) is 0 Å². The third-order valence-electron chi connectivity index (χ3n) is 3.20. The highest BCUT2D eigenvalue weighted by atomic mass is 16.5. The molecule has 1 rings (SSSR count). The molecule has 0 saturated carbocycles. The molecular weight excluding hydrogens is 198 g/mol. The van der Waals surface area contributed by atoms with Crippen molar-refractivity contribution in [3.63, 3.8) is 0 Å². The van der Waals surface area contributed by atoms with Crippen LogP contribution in [-0.2, 0) is 11.2 Å². The van der Waals surface area contributed by atoms with E-state index in [9.17, 15) is 0 Å². The zero-order valence-corrected chi connectivity index (χ0v) is 10.8. The first-order valence-electron chi connectivity index (χ1n) is 5.96. The summed E-state index contributed by atoms with van der Waals surface area (Å²) < 4.78 is 5.28. The molecule has 0 bridgehead atoms. The molecule has 16 heavy (non-hydrogen) atoms. The Morgan fingerprint density at radius 2 is 1.94 bits per heavy atom. The van der Waals surface area contributed by atoms with Gasteiger partial charge in [-0.25, -0.2) is 0 Å². The summed E-state index contributed by atoms with van der Waals surface area (Å²) in [7, 11) is 1.75. The molecule has 2 heteroatoms. The summed E-state index contributed by atoms with van der Waals surface area (Å²) in [6.45, 7) is 7.41. The van der Waals surface area contributed by atoms with E-state index in [1.165, 1.54) is 11.1 Å².